The summed E-state index contributed by atoms with van der Waals surface area (Å²) in [6, 6.07) is 12.1. The Hall–Kier alpha value is -2.96. The van der Waals surface area contributed by atoms with Gasteiger partial charge in [0.2, 0.25) is 0 Å². The van der Waals surface area contributed by atoms with Gasteiger partial charge in [0.05, 0.1) is 5.56 Å². The van der Waals surface area contributed by atoms with E-state index in [1.165, 1.54) is 12.1 Å². The lowest BCUT2D eigenvalue weighted by Crippen LogP contribution is -2.30. The topological polar surface area (TPSA) is 54.1 Å². The fourth-order valence-corrected chi connectivity index (χ4v) is 2.62. The number of fused-ring (bicyclic) bond motifs is 1. The van der Waals surface area contributed by atoms with Crippen LogP contribution in [-0.4, -0.2) is 24.0 Å². The second-order valence-electron chi connectivity index (χ2n) is 5.77. The Balaban J connectivity index is 1.44. The molecule has 3 aromatic rings. The lowest BCUT2D eigenvalue weighted by atomic mass is 10.1. The third-order valence-corrected chi connectivity index (χ3v) is 3.94. The Morgan fingerprint density at radius 1 is 1.08 bits per heavy atom. The minimum absolute atomic E-state index is 0.213. The molecule has 4 nitrogen and oxygen atoms in total. The molecule has 0 atom stereocenters. The molecule has 2 aromatic carbocycles. The average Bonchev–Trinajstić information content (AvgIpc) is 3.03. The quantitative estimate of drug-likeness (QED) is 0.698. The van der Waals surface area contributed by atoms with Crippen molar-refractivity contribution in [1.29, 1.82) is 0 Å². The molecule has 0 bridgehead atoms. The van der Waals surface area contributed by atoms with Crippen molar-refractivity contribution in [3.05, 3.63) is 65.9 Å². The van der Waals surface area contributed by atoms with Gasteiger partial charge in [-0.3, -0.25) is 4.79 Å². The fourth-order valence-electron chi connectivity index (χ4n) is 2.62. The number of hydrogen-bond donors (Lipinski definition) is 2. The molecule has 26 heavy (non-hydrogen) atoms. The van der Waals surface area contributed by atoms with Crippen LogP contribution in [0.2, 0.25) is 0 Å². The first-order valence-corrected chi connectivity index (χ1v) is 8.05. The van der Waals surface area contributed by atoms with Gasteiger partial charge < -0.3 is 15.0 Å². The average molecular weight is 362 g/mol. The monoisotopic (exact) mass is 362 g/mol. The fraction of sp³-hybridized carbons (Fsp3) is 0.211. The van der Waals surface area contributed by atoms with Crippen molar-refractivity contribution in [2.45, 2.75) is 12.6 Å². The Morgan fingerprint density at radius 3 is 2.54 bits per heavy atom. The van der Waals surface area contributed by atoms with Crippen molar-refractivity contribution in [3.63, 3.8) is 0 Å². The highest BCUT2D eigenvalue weighted by Gasteiger charge is 2.30. The number of carbonyl (C=O) groups excluding carboxylic acids is 1. The minimum Gasteiger partial charge on any atom is -0.484 e. The molecule has 0 aliphatic heterocycles. The molecule has 0 spiro atoms. The molecule has 136 valence electrons. The smallest absolute Gasteiger partial charge is 0.416 e. The first kappa shape index (κ1) is 17.8. The largest absolute Gasteiger partial charge is 0.484 e. The van der Waals surface area contributed by atoms with E-state index >= 15 is 0 Å². The molecule has 0 aliphatic carbocycles. The highest BCUT2D eigenvalue weighted by atomic mass is 19.4. The van der Waals surface area contributed by atoms with E-state index in [0.29, 0.717) is 13.0 Å². The number of carbonyl (C=O) groups is 1. The Labute approximate surface area is 148 Å². The number of aromatic amines is 1. The van der Waals surface area contributed by atoms with E-state index in [9.17, 15) is 18.0 Å². The number of ether oxygens (including phenoxy) is 1. The van der Waals surface area contributed by atoms with Crippen LogP contribution < -0.4 is 10.1 Å². The van der Waals surface area contributed by atoms with Crippen LogP contribution in [0.5, 0.6) is 5.75 Å². The van der Waals surface area contributed by atoms with Gasteiger partial charge in [-0.15, -0.1) is 0 Å². The maximum Gasteiger partial charge on any atom is 0.416 e. The van der Waals surface area contributed by atoms with E-state index in [2.05, 4.69) is 10.3 Å². The van der Waals surface area contributed by atoms with Gasteiger partial charge in [-0.05, 0) is 42.3 Å². The molecule has 0 saturated heterocycles. The van der Waals surface area contributed by atoms with Crippen LogP contribution in [0.25, 0.3) is 10.9 Å². The molecule has 0 aliphatic rings. The van der Waals surface area contributed by atoms with Crippen molar-refractivity contribution >= 4 is 16.8 Å². The zero-order chi connectivity index (χ0) is 18.6. The van der Waals surface area contributed by atoms with Gasteiger partial charge in [0, 0.05) is 23.6 Å². The number of amides is 1. The molecular weight excluding hydrogens is 345 g/mol. The zero-order valence-electron chi connectivity index (χ0n) is 13.8. The van der Waals surface area contributed by atoms with Crippen molar-refractivity contribution in [3.8, 4) is 5.75 Å². The third kappa shape index (κ3) is 4.36. The summed E-state index contributed by atoms with van der Waals surface area (Å²) in [7, 11) is 0. The summed E-state index contributed by atoms with van der Waals surface area (Å²) in [5.41, 5.74) is 1.39. The minimum atomic E-state index is -4.39. The summed E-state index contributed by atoms with van der Waals surface area (Å²) < 4.78 is 42.6. The molecule has 0 unspecified atom stereocenters. The van der Waals surface area contributed by atoms with Crippen LogP contribution in [0, 0.1) is 0 Å². The van der Waals surface area contributed by atoms with E-state index in [-0.39, 0.29) is 18.3 Å². The molecule has 1 heterocycles. The Bertz CT molecular complexity index is 886. The van der Waals surface area contributed by atoms with Crippen molar-refractivity contribution in [1.82, 2.24) is 10.3 Å². The number of H-pyrrole nitrogens is 1. The number of nitrogens with one attached hydrogen (secondary N) is 2. The second-order valence-corrected chi connectivity index (χ2v) is 5.77. The molecule has 3 rings (SSSR count). The van der Waals surface area contributed by atoms with Gasteiger partial charge in [-0.1, -0.05) is 18.2 Å². The van der Waals surface area contributed by atoms with Gasteiger partial charge in [-0.2, -0.15) is 13.2 Å². The van der Waals surface area contributed by atoms with Crippen LogP contribution in [0.15, 0.2) is 54.7 Å². The van der Waals surface area contributed by atoms with Gasteiger partial charge in [0.25, 0.3) is 5.91 Å². The van der Waals surface area contributed by atoms with Gasteiger partial charge in [-0.25, -0.2) is 0 Å². The molecule has 1 aromatic heterocycles. The lowest BCUT2D eigenvalue weighted by Gasteiger charge is -2.09. The van der Waals surface area contributed by atoms with Crippen molar-refractivity contribution in [2.75, 3.05) is 13.2 Å². The normalized spacial score (nSPS) is 11.5. The van der Waals surface area contributed by atoms with Gasteiger partial charge >= 0.3 is 6.18 Å². The zero-order valence-corrected chi connectivity index (χ0v) is 13.8. The molecule has 7 heteroatoms. The van der Waals surface area contributed by atoms with Crippen molar-refractivity contribution < 1.29 is 22.7 Å². The van der Waals surface area contributed by atoms with E-state index in [4.69, 9.17) is 4.74 Å². The number of rotatable bonds is 6. The second kappa shape index (κ2) is 7.51. The molecule has 0 fully saturated rings. The predicted octanol–water partition coefficient (Wildman–Crippen LogP) is 3.92. The van der Waals surface area contributed by atoms with Crippen LogP contribution in [0.4, 0.5) is 13.2 Å². The number of halogens is 3. The number of hydrogen-bond acceptors (Lipinski definition) is 2. The first-order chi connectivity index (χ1) is 12.4. The van der Waals surface area contributed by atoms with Gasteiger partial charge in [0.15, 0.2) is 6.61 Å². The van der Waals surface area contributed by atoms with Crippen LogP contribution in [0.1, 0.15) is 11.1 Å². The van der Waals surface area contributed by atoms with Gasteiger partial charge in [0.1, 0.15) is 5.75 Å². The molecule has 2 N–H and O–H groups in total. The van der Waals surface area contributed by atoms with Crippen LogP contribution in [-0.2, 0) is 17.4 Å². The standard InChI is InChI=1S/C19H17F3N2O2/c20-19(21,22)14-5-7-15(8-6-14)26-12-18(25)23-10-9-13-11-24-17-4-2-1-3-16(13)17/h1-8,11,24H,9-10,12H2,(H,23,25). The van der Waals surface area contributed by atoms with Crippen LogP contribution >= 0.6 is 0 Å². The predicted molar refractivity (Wildman–Crippen MR) is 92.0 cm³/mol. The van der Waals surface area contributed by atoms with E-state index < -0.39 is 11.7 Å². The third-order valence-electron chi connectivity index (χ3n) is 3.94. The van der Waals surface area contributed by atoms with E-state index in [1.54, 1.807) is 0 Å². The molecular formula is C19H17F3N2O2. The maximum absolute atomic E-state index is 12.5. The lowest BCUT2D eigenvalue weighted by molar-refractivity contribution is -0.137. The van der Waals surface area contributed by atoms with Crippen molar-refractivity contribution in [2.24, 2.45) is 0 Å². The Morgan fingerprint density at radius 2 is 1.81 bits per heavy atom. The summed E-state index contributed by atoms with van der Waals surface area (Å²) in [4.78, 5) is 15.0. The summed E-state index contributed by atoms with van der Waals surface area (Å²) in [6.07, 6.45) is -1.82. The van der Waals surface area contributed by atoms with E-state index in [1.807, 2.05) is 30.5 Å². The highest BCUT2D eigenvalue weighted by Crippen LogP contribution is 2.30. The molecule has 0 radical (unpaired) electrons. The van der Waals surface area contributed by atoms with Crippen LogP contribution in [0.3, 0.4) is 0 Å². The summed E-state index contributed by atoms with van der Waals surface area (Å²) in [5, 5.41) is 3.85. The summed E-state index contributed by atoms with van der Waals surface area (Å²) in [5.74, 6) is -0.116. The Kier molecular flexibility index (Phi) is 5.16. The number of alkyl halides is 3. The molecule has 1 amide bonds. The summed E-state index contributed by atoms with van der Waals surface area (Å²) in [6.45, 7) is 0.191. The maximum atomic E-state index is 12.5. The van der Waals surface area contributed by atoms with E-state index in [0.717, 1.165) is 28.6 Å². The number of aromatic nitrogens is 1. The number of benzene rings is 2. The first-order valence-electron chi connectivity index (χ1n) is 8.05. The summed E-state index contributed by atoms with van der Waals surface area (Å²) >= 11 is 0. The highest BCUT2D eigenvalue weighted by molar-refractivity contribution is 5.83. The SMILES string of the molecule is O=C(COc1ccc(C(F)(F)F)cc1)NCCc1c[nH]c2ccccc12. The molecule has 0 saturated carbocycles. The number of para-hydroxylation sites is 1.